The number of ether oxygens (including phenoxy) is 2. The third-order valence-corrected chi connectivity index (χ3v) is 4.64. The van der Waals surface area contributed by atoms with Gasteiger partial charge in [-0.3, -0.25) is 9.48 Å². The highest BCUT2D eigenvalue weighted by Crippen LogP contribution is 2.33. The largest absolute Gasteiger partial charge is 0.497 e. The first-order valence-electron chi connectivity index (χ1n) is 9.23. The Morgan fingerprint density at radius 3 is 2.50 bits per heavy atom. The van der Waals surface area contributed by atoms with Crippen LogP contribution in [-0.4, -0.2) is 29.9 Å². The maximum absolute atomic E-state index is 12.8. The third-order valence-electron chi connectivity index (χ3n) is 4.64. The molecule has 0 aliphatic heterocycles. The molecule has 146 valence electrons. The van der Waals surface area contributed by atoms with E-state index in [-0.39, 0.29) is 11.9 Å². The average Bonchev–Trinajstić information content (AvgIpc) is 3.18. The van der Waals surface area contributed by atoms with Crippen molar-refractivity contribution >= 4 is 5.91 Å². The van der Waals surface area contributed by atoms with Gasteiger partial charge < -0.3 is 14.8 Å². The van der Waals surface area contributed by atoms with Gasteiger partial charge in [-0.1, -0.05) is 30.3 Å². The lowest BCUT2D eigenvalue weighted by Gasteiger charge is -2.13. The predicted octanol–water partition coefficient (Wildman–Crippen LogP) is 4.08. The van der Waals surface area contributed by atoms with Crippen LogP contribution in [0.15, 0.2) is 54.6 Å². The number of nitrogens with zero attached hydrogens (tertiary/aromatic N) is 2. The molecule has 0 aliphatic carbocycles. The summed E-state index contributed by atoms with van der Waals surface area (Å²) < 4.78 is 12.6. The molecule has 1 N–H and O–H groups in total. The van der Waals surface area contributed by atoms with Crippen LogP contribution < -0.4 is 14.8 Å². The molecule has 3 aromatic rings. The quantitative estimate of drug-likeness (QED) is 0.672. The molecule has 0 bridgehead atoms. The fraction of sp³-hybridized carbons (Fsp3) is 0.273. The lowest BCUT2D eigenvalue weighted by atomic mass is 10.1. The Kier molecular flexibility index (Phi) is 5.99. The molecule has 0 saturated heterocycles. The number of hydrogen-bond donors (Lipinski definition) is 1. The minimum Gasteiger partial charge on any atom is -0.497 e. The molecule has 0 aliphatic rings. The van der Waals surface area contributed by atoms with Gasteiger partial charge in [0.1, 0.15) is 11.5 Å². The van der Waals surface area contributed by atoms with E-state index in [0.717, 1.165) is 16.8 Å². The minimum atomic E-state index is -0.211. The number of amides is 1. The number of rotatable bonds is 7. The summed E-state index contributed by atoms with van der Waals surface area (Å²) in [6.45, 7) is 4.57. The molecule has 1 unspecified atom stereocenters. The van der Waals surface area contributed by atoms with Crippen molar-refractivity contribution in [1.29, 1.82) is 0 Å². The van der Waals surface area contributed by atoms with E-state index in [1.54, 1.807) is 25.0 Å². The number of hydrogen-bond acceptors (Lipinski definition) is 4. The molecule has 0 radical (unpaired) electrons. The van der Waals surface area contributed by atoms with Crippen molar-refractivity contribution in [3.63, 3.8) is 0 Å². The van der Waals surface area contributed by atoms with Crippen LogP contribution in [0.4, 0.5) is 0 Å². The van der Waals surface area contributed by atoms with Crippen LogP contribution >= 0.6 is 0 Å². The van der Waals surface area contributed by atoms with E-state index < -0.39 is 0 Å². The number of carbonyl (C=O) groups excluding carboxylic acids is 1. The van der Waals surface area contributed by atoms with E-state index in [1.807, 2.05) is 62.4 Å². The SMILES string of the molecule is CCn1nc(C(=O)NC(C)c2ccccc2)cc1-c1ccc(OC)cc1OC. The second-order valence-electron chi connectivity index (χ2n) is 6.40. The van der Waals surface area contributed by atoms with E-state index >= 15 is 0 Å². The maximum atomic E-state index is 12.8. The average molecular weight is 379 g/mol. The second-order valence-corrected chi connectivity index (χ2v) is 6.40. The highest BCUT2D eigenvalue weighted by atomic mass is 16.5. The highest BCUT2D eigenvalue weighted by Gasteiger charge is 2.19. The molecule has 0 spiro atoms. The summed E-state index contributed by atoms with van der Waals surface area (Å²) in [6, 6.07) is 17.1. The summed E-state index contributed by atoms with van der Waals surface area (Å²) in [4.78, 5) is 12.8. The highest BCUT2D eigenvalue weighted by molar-refractivity contribution is 5.94. The number of benzene rings is 2. The van der Waals surface area contributed by atoms with Crippen molar-refractivity contribution in [3.8, 4) is 22.8 Å². The van der Waals surface area contributed by atoms with Gasteiger partial charge in [-0.2, -0.15) is 5.10 Å². The molecular formula is C22H25N3O3. The van der Waals surface area contributed by atoms with Crippen molar-refractivity contribution in [2.45, 2.75) is 26.4 Å². The smallest absolute Gasteiger partial charge is 0.272 e. The second kappa shape index (κ2) is 8.61. The van der Waals surface area contributed by atoms with Crippen molar-refractivity contribution in [2.75, 3.05) is 14.2 Å². The zero-order valence-electron chi connectivity index (χ0n) is 16.6. The molecule has 0 saturated carbocycles. The van der Waals surface area contributed by atoms with Crippen LogP contribution in [0.3, 0.4) is 0 Å². The molecule has 1 aromatic heterocycles. The summed E-state index contributed by atoms with van der Waals surface area (Å²) >= 11 is 0. The maximum Gasteiger partial charge on any atom is 0.272 e. The van der Waals surface area contributed by atoms with Gasteiger partial charge in [-0.15, -0.1) is 0 Å². The van der Waals surface area contributed by atoms with Crippen molar-refractivity contribution in [1.82, 2.24) is 15.1 Å². The lowest BCUT2D eigenvalue weighted by Crippen LogP contribution is -2.27. The monoisotopic (exact) mass is 379 g/mol. The molecule has 6 heteroatoms. The number of aromatic nitrogens is 2. The molecule has 2 aromatic carbocycles. The Labute approximate surface area is 165 Å². The molecule has 6 nitrogen and oxygen atoms in total. The summed E-state index contributed by atoms with van der Waals surface area (Å²) in [5, 5.41) is 7.50. The molecule has 1 amide bonds. The van der Waals surface area contributed by atoms with E-state index in [4.69, 9.17) is 9.47 Å². The normalized spacial score (nSPS) is 11.7. The van der Waals surface area contributed by atoms with E-state index in [0.29, 0.717) is 23.7 Å². The van der Waals surface area contributed by atoms with Crippen LogP contribution in [0.5, 0.6) is 11.5 Å². The molecule has 1 heterocycles. The fourth-order valence-electron chi connectivity index (χ4n) is 3.09. The van der Waals surface area contributed by atoms with Gasteiger partial charge in [0.05, 0.1) is 26.0 Å². The van der Waals surface area contributed by atoms with E-state index in [2.05, 4.69) is 10.4 Å². The first-order chi connectivity index (χ1) is 13.6. The summed E-state index contributed by atoms with van der Waals surface area (Å²) in [6.07, 6.45) is 0. The minimum absolute atomic E-state index is 0.112. The van der Waals surface area contributed by atoms with Gasteiger partial charge in [0.15, 0.2) is 5.69 Å². The van der Waals surface area contributed by atoms with Gasteiger partial charge in [-0.25, -0.2) is 0 Å². The molecule has 1 atom stereocenters. The summed E-state index contributed by atoms with van der Waals surface area (Å²) in [7, 11) is 3.22. The Hall–Kier alpha value is -3.28. The van der Waals surface area contributed by atoms with Gasteiger partial charge in [-0.05, 0) is 37.6 Å². The van der Waals surface area contributed by atoms with Crippen LogP contribution in [0.1, 0.15) is 35.9 Å². The summed E-state index contributed by atoms with van der Waals surface area (Å²) in [5.41, 5.74) is 3.09. The fourth-order valence-corrected chi connectivity index (χ4v) is 3.09. The zero-order chi connectivity index (χ0) is 20.1. The van der Waals surface area contributed by atoms with Crippen LogP contribution in [-0.2, 0) is 6.54 Å². The lowest BCUT2D eigenvalue weighted by molar-refractivity contribution is 0.0934. The Bertz CT molecular complexity index is 951. The molecule has 28 heavy (non-hydrogen) atoms. The van der Waals surface area contributed by atoms with Gasteiger partial charge >= 0.3 is 0 Å². The van der Waals surface area contributed by atoms with Crippen molar-refractivity contribution in [3.05, 3.63) is 65.9 Å². The first kappa shape index (κ1) is 19.5. The van der Waals surface area contributed by atoms with Crippen LogP contribution in [0.25, 0.3) is 11.3 Å². The Morgan fingerprint density at radius 1 is 1.11 bits per heavy atom. The Balaban J connectivity index is 1.89. The molecule has 3 rings (SSSR count). The summed E-state index contributed by atoms with van der Waals surface area (Å²) in [5.74, 6) is 1.16. The third kappa shape index (κ3) is 4.01. The number of carbonyl (C=O) groups is 1. The van der Waals surface area contributed by atoms with Crippen molar-refractivity contribution < 1.29 is 14.3 Å². The molecule has 0 fully saturated rings. The predicted molar refractivity (Wildman–Crippen MR) is 109 cm³/mol. The van der Waals surface area contributed by atoms with Gasteiger partial charge in [0.2, 0.25) is 0 Å². The number of methoxy groups -OCH3 is 2. The van der Waals surface area contributed by atoms with E-state index in [9.17, 15) is 4.79 Å². The standard InChI is InChI=1S/C22H25N3O3/c1-5-25-20(18-12-11-17(27-3)13-21(18)28-4)14-19(24-25)22(26)23-15(2)16-9-7-6-8-10-16/h6-15H,5H2,1-4H3,(H,23,26). The van der Waals surface area contributed by atoms with E-state index in [1.165, 1.54) is 0 Å². The zero-order valence-corrected chi connectivity index (χ0v) is 16.6. The van der Waals surface area contributed by atoms with Crippen LogP contribution in [0, 0.1) is 0 Å². The van der Waals surface area contributed by atoms with Crippen molar-refractivity contribution in [2.24, 2.45) is 0 Å². The number of aryl methyl sites for hydroxylation is 1. The van der Waals surface area contributed by atoms with Crippen LogP contribution in [0.2, 0.25) is 0 Å². The topological polar surface area (TPSA) is 65.4 Å². The number of nitrogens with one attached hydrogen (secondary N) is 1. The first-order valence-corrected chi connectivity index (χ1v) is 9.23. The van der Waals surface area contributed by atoms with Gasteiger partial charge in [0, 0.05) is 18.2 Å². The Morgan fingerprint density at radius 2 is 1.86 bits per heavy atom. The molecular weight excluding hydrogens is 354 g/mol. The van der Waals surface area contributed by atoms with Gasteiger partial charge in [0.25, 0.3) is 5.91 Å².